The van der Waals surface area contributed by atoms with E-state index in [1.807, 2.05) is 0 Å². The van der Waals surface area contributed by atoms with Gasteiger partial charge < -0.3 is 15.4 Å². The Morgan fingerprint density at radius 3 is 2.84 bits per heavy atom. The van der Waals surface area contributed by atoms with Crippen molar-refractivity contribution in [3.8, 4) is 5.75 Å². The van der Waals surface area contributed by atoms with Gasteiger partial charge in [0.05, 0.1) is 18.3 Å². The van der Waals surface area contributed by atoms with Gasteiger partial charge in [0.2, 0.25) is 5.95 Å². The van der Waals surface area contributed by atoms with Crippen molar-refractivity contribution in [1.82, 2.24) is 9.97 Å². The lowest BCUT2D eigenvalue weighted by Gasteiger charge is -2.10. The summed E-state index contributed by atoms with van der Waals surface area (Å²) in [6.07, 6.45) is 1.09. The minimum Gasteiger partial charge on any atom is -0.495 e. The summed E-state index contributed by atoms with van der Waals surface area (Å²) >= 11 is 5.92. The molecule has 0 radical (unpaired) electrons. The summed E-state index contributed by atoms with van der Waals surface area (Å²) < 4.78 is 18.7. The van der Waals surface area contributed by atoms with Crippen LogP contribution in [0.25, 0.3) is 0 Å². The number of hydrogen-bond donors (Lipinski definition) is 2. The summed E-state index contributed by atoms with van der Waals surface area (Å²) in [5.74, 6) is 0.344. The average molecular weight is 283 g/mol. The van der Waals surface area contributed by atoms with Crippen LogP contribution >= 0.6 is 11.6 Å². The van der Waals surface area contributed by atoms with Crippen LogP contribution in [0.2, 0.25) is 5.02 Å². The van der Waals surface area contributed by atoms with E-state index < -0.39 is 5.82 Å². The molecule has 1 aromatic heterocycles. The summed E-state index contributed by atoms with van der Waals surface area (Å²) in [7, 11) is 3.16. The highest BCUT2D eigenvalue weighted by Gasteiger charge is 2.08. The number of methoxy groups -OCH3 is 1. The molecule has 0 aliphatic rings. The second-order valence-electron chi connectivity index (χ2n) is 3.61. The van der Waals surface area contributed by atoms with E-state index >= 15 is 0 Å². The number of halogens is 2. The van der Waals surface area contributed by atoms with Crippen molar-refractivity contribution in [2.24, 2.45) is 0 Å². The molecular weight excluding hydrogens is 271 g/mol. The Morgan fingerprint density at radius 2 is 2.16 bits per heavy atom. The van der Waals surface area contributed by atoms with Crippen LogP contribution in [0.15, 0.2) is 24.4 Å². The maximum atomic E-state index is 13.6. The van der Waals surface area contributed by atoms with Crippen LogP contribution in [-0.2, 0) is 0 Å². The lowest BCUT2D eigenvalue weighted by atomic mass is 10.3. The predicted molar refractivity (Wildman–Crippen MR) is 72.8 cm³/mol. The maximum Gasteiger partial charge on any atom is 0.224 e. The largest absolute Gasteiger partial charge is 0.495 e. The Balaban J connectivity index is 2.30. The Kier molecular flexibility index (Phi) is 4.01. The first-order valence-corrected chi connectivity index (χ1v) is 5.82. The van der Waals surface area contributed by atoms with E-state index in [1.165, 1.54) is 7.11 Å². The molecule has 5 nitrogen and oxygen atoms in total. The van der Waals surface area contributed by atoms with Crippen LogP contribution in [0.5, 0.6) is 5.75 Å². The minimum absolute atomic E-state index is 0.0729. The van der Waals surface area contributed by atoms with Gasteiger partial charge in [0.1, 0.15) is 5.75 Å². The van der Waals surface area contributed by atoms with Crippen molar-refractivity contribution < 1.29 is 9.13 Å². The van der Waals surface area contributed by atoms with Crippen LogP contribution in [0.4, 0.5) is 21.8 Å². The number of rotatable bonds is 4. The molecule has 100 valence electrons. The van der Waals surface area contributed by atoms with E-state index in [1.54, 1.807) is 25.2 Å². The molecule has 0 amide bonds. The smallest absolute Gasteiger partial charge is 0.224 e. The summed E-state index contributed by atoms with van der Waals surface area (Å²) in [6.45, 7) is 0. The topological polar surface area (TPSA) is 59.1 Å². The number of hydrogen-bond acceptors (Lipinski definition) is 5. The lowest BCUT2D eigenvalue weighted by molar-refractivity contribution is 0.415. The zero-order valence-electron chi connectivity index (χ0n) is 10.4. The molecule has 7 heteroatoms. The second-order valence-corrected chi connectivity index (χ2v) is 4.02. The molecule has 2 aromatic rings. The Hall–Kier alpha value is -2.08. The fourth-order valence-corrected chi connectivity index (χ4v) is 1.64. The first-order valence-electron chi connectivity index (χ1n) is 5.45. The lowest BCUT2D eigenvalue weighted by Crippen LogP contribution is -2.03. The molecular formula is C12H12ClFN4O. The molecule has 0 spiro atoms. The van der Waals surface area contributed by atoms with Gasteiger partial charge in [-0.2, -0.15) is 4.98 Å². The van der Waals surface area contributed by atoms with Crippen LogP contribution in [-0.4, -0.2) is 24.1 Å². The van der Waals surface area contributed by atoms with Crippen molar-refractivity contribution in [3.63, 3.8) is 0 Å². The Bertz CT molecular complexity index is 594. The standard InChI is InChI=1S/C12H12ClFN4O/c1-15-12-16-6-9(14)11(18-12)17-7-3-4-8(13)10(5-7)19-2/h3-6H,1-2H3,(H2,15,16,17,18). The molecule has 0 saturated heterocycles. The molecule has 0 fully saturated rings. The SMILES string of the molecule is CNc1ncc(F)c(Nc2ccc(Cl)c(OC)c2)n1. The number of nitrogens with zero attached hydrogens (tertiary/aromatic N) is 2. The van der Waals surface area contributed by atoms with Gasteiger partial charge in [0.15, 0.2) is 11.6 Å². The summed E-state index contributed by atoms with van der Waals surface area (Å²) in [6, 6.07) is 5.01. The maximum absolute atomic E-state index is 13.6. The molecule has 2 N–H and O–H groups in total. The number of nitrogens with one attached hydrogen (secondary N) is 2. The van der Waals surface area contributed by atoms with Gasteiger partial charge in [-0.15, -0.1) is 0 Å². The van der Waals surface area contributed by atoms with E-state index in [-0.39, 0.29) is 5.82 Å². The predicted octanol–water partition coefficient (Wildman–Crippen LogP) is 3.06. The van der Waals surface area contributed by atoms with Crippen molar-refractivity contribution >= 4 is 29.1 Å². The van der Waals surface area contributed by atoms with Crippen LogP contribution in [0, 0.1) is 5.82 Å². The highest BCUT2D eigenvalue weighted by Crippen LogP contribution is 2.29. The van der Waals surface area contributed by atoms with E-state index in [9.17, 15) is 4.39 Å². The van der Waals surface area contributed by atoms with Gasteiger partial charge in [-0.3, -0.25) is 0 Å². The van der Waals surface area contributed by atoms with Crippen molar-refractivity contribution in [2.75, 3.05) is 24.8 Å². The first kappa shape index (κ1) is 13.4. The zero-order chi connectivity index (χ0) is 13.8. The van der Waals surface area contributed by atoms with Gasteiger partial charge in [0.25, 0.3) is 0 Å². The van der Waals surface area contributed by atoms with Gasteiger partial charge >= 0.3 is 0 Å². The van der Waals surface area contributed by atoms with Gasteiger partial charge in [-0.05, 0) is 12.1 Å². The number of benzene rings is 1. The fraction of sp³-hybridized carbons (Fsp3) is 0.167. The molecule has 0 aliphatic carbocycles. The normalized spacial score (nSPS) is 10.1. The minimum atomic E-state index is -0.548. The van der Waals surface area contributed by atoms with Crippen LogP contribution < -0.4 is 15.4 Å². The molecule has 19 heavy (non-hydrogen) atoms. The molecule has 0 aliphatic heterocycles. The van der Waals surface area contributed by atoms with Crippen molar-refractivity contribution in [1.29, 1.82) is 0 Å². The van der Waals surface area contributed by atoms with Gasteiger partial charge in [-0.1, -0.05) is 11.6 Å². The third-order valence-corrected chi connectivity index (χ3v) is 2.69. The van der Waals surface area contributed by atoms with E-state index in [2.05, 4.69) is 20.6 Å². The van der Waals surface area contributed by atoms with Crippen LogP contribution in [0.1, 0.15) is 0 Å². The molecule has 1 heterocycles. The quantitative estimate of drug-likeness (QED) is 0.902. The summed E-state index contributed by atoms with van der Waals surface area (Å²) in [4.78, 5) is 7.75. The van der Waals surface area contributed by atoms with Crippen LogP contribution in [0.3, 0.4) is 0 Å². The van der Waals surface area contributed by atoms with E-state index in [4.69, 9.17) is 16.3 Å². The van der Waals surface area contributed by atoms with Gasteiger partial charge in [-0.25, -0.2) is 9.37 Å². The third-order valence-electron chi connectivity index (χ3n) is 2.38. The molecule has 2 rings (SSSR count). The second kappa shape index (κ2) is 5.71. The Morgan fingerprint density at radius 1 is 1.37 bits per heavy atom. The summed E-state index contributed by atoms with van der Waals surface area (Å²) in [5.41, 5.74) is 0.612. The Labute approximate surface area is 114 Å². The van der Waals surface area contributed by atoms with E-state index in [0.717, 1.165) is 6.20 Å². The zero-order valence-corrected chi connectivity index (χ0v) is 11.1. The molecule has 0 saturated carbocycles. The first-order chi connectivity index (χ1) is 9.13. The number of ether oxygens (including phenoxy) is 1. The third kappa shape index (κ3) is 3.03. The van der Waals surface area contributed by atoms with Gasteiger partial charge in [0, 0.05) is 18.8 Å². The monoisotopic (exact) mass is 282 g/mol. The summed E-state index contributed by atoms with van der Waals surface area (Å²) in [5, 5.41) is 6.06. The van der Waals surface area contributed by atoms with Crippen molar-refractivity contribution in [3.05, 3.63) is 35.2 Å². The molecule has 0 bridgehead atoms. The van der Waals surface area contributed by atoms with Crippen molar-refractivity contribution in [2.45, 2.75) is 0 Å². The molecule has 0 unspecified atom stereocenters. The van der Waals surface area contributed by atoms with E-state index in [0.29, 0.717) is 22.4 Å². The fourth-order valence-electron chi connectivity index (χ4n) is 1.45. The number of anilines is 3. The molecule has 0 atom stereocenters. The molecule has 1 aromatic carbocycles. The number of aromatic nitrogens is 2. The highest BCUT2D eigenvalue weighted by molar-refractivity contribution is 6.32. The average Bonchev–Trinajstić information content (AvgIpc) is 2.43. The highest BCUT2D eigenvalue weighted by atomic mass is 35.5.